The molecule has 110 valence electrons. The van der Waals surface area contributed by atoms with Crippen molar-refractivity contribution in [3.8, 4) is 0 Å². The van der Waals surface area contributed by atoms with Crippen molar-refractivity contribution >= 4 is 11.8 Å². The van der Waals surface area contributed by atoms with E-state index in [4.69, 9.17) is 4.74 Å². The van der Waals surface area contributed by atoms with E-state index in [0.29, 0.717) is 5.82 Å². The smallest absolute Gasteiger partial charge is 0.342 e. The Morgan fingerprint density at radius 2 is 2.05 bits per heavy atom. The predicted octanol–water partition coefficient (Wildman–Crippen LogP) is 1.59. The van der Waals surface area contributed by atoms with E-state index in [1.54, 1.807) is 20.8 Å². The van der Waals surface area contributed by atoms with Gasteiger partial charge in [0.05, 0.1) is 6.20 Å². The van der Waals surface area contributed by atoms with Crippen LogP contribution in [0, 0.1) is 5.82 Å². The Hall–Kier alpha value is -1.69. The maximum absolute atomic E-state index is 13.4. The number of pyridine rings is 1. The number of hydrogen-bond acceptors (Lipinski definition) is 5. The molecule has 5 nitrogen and oxygen atoms in total. The van der Waals surface area contributed by atoms with Crippen LogP contribution in [0.3, 0.4) is 0 Å². The number of carbonyl (C=O) groups excluding carboxylic acids is 1. The Labute approximate surface area is 118 Å². The predicted molar refractivity (Wildman–Crippen MR) is 74.4 cm³/mol. The van der Waals surface area contributed by atoms with Crippen LogP contribution in [-0.2, 0) is 4.74 Å². The van der Waals surface area contributed by atoms with Crippen LogP contribution in [0.15, 0.2) is 12.3 Å². The number of nitrogens with zero attached hydrogens (tertiary/aromatic N) is 2. The fourth-order valence-electron chi connectivity index (χ4n) is 2.04. The molecule has 1 N–H and O–H groups in total. The van der Waals surface area contributed by atoms with E-state index in [9.17, 15) is 9.18 Å². The third-order valence-corrected chi connectivity index (χ3v) is 2.87. The van der Waals surface area contributed by atoms with Crippen molar-refractivity contribution in [1.82, 2.24) is 10.3 Å². The zero-order chi connectivity index (χ0) is 14.8. The average molecular weight is 281 g/mol. The number of aromatic nitrogens is 1. The molecule has 0 amide bonds. The van der Waals surface area contributed by atoms with E-state index in [0.717, 1.165) is 32.4 Å². The first-order valence-corrected chi connectivity index (χ1v) is 6.71. The van der Waals surface area contributed by atoms with Crippen LogP contribution in [0.1, 0.15) is 31.1 Å². The lowest BCUT2D eigenvalue weighted by molar-refractivity contribution is 0.00693. The quantitative estimate of drug-likeness (QED) is 0.834. The highest BCUT2D eigenvalue weighted by atomic mass is 19.1. The van der Waals surface area contributed by atoms with Crippen molar-refractivity contribution in [2.24, 2.45) is 0 Å². The molecule has 20 heavy (non-hydrogen) atoms. The summed E-state index contributed by atoms with van der Waals surface area (Å²) >= 11 is 0. The highest BCUT2D eigenvalue weighted by Gasteiger charge is 2.25. The van der Waals surface area contributed by atoms with Gasteiger partial charge < -0.3 is 15.0 Å². The minimum atomic E-state index is -0.621. The summed E-state index contributed by atoms with van der Waals surface area (Å²) in [5, 5.41) is 3.22. The Morgan fingerprint density at radius 1 is 1.40 bits per heavy atom. The SMILES string of the molecule is CC(C)(C)OC(=O)c1cc(F)cnc1N1CCNCC1. The second-order valence-electron chi connectivity index (χ2n) is 5.76. The standard InChI is InChI=1S/C14H20FN3O2/c1-14(2,3)20-13(19)11-8-10(15)9-17-12(11)18-6-4-16-5-7-18/h8-9,16H,4-7H2,1-3H3. The maximum atomic E-state index is 13.4. The number of hydrogen-bond donors (Lipinski definition) is 1. The largest absolute Gasteiger partial charge is 0.456 e. The van der Waals surface area contributed by atoms with Crippen molar-refractivity contribution in [2.75, 3.05) is 31.1 Å². The fraction of sp³-hybridized carbons (Fsp3) is 0.571. The number of carbonyl (C=O) groups is 1. The number of halogens is 1. The lowest BCUT2D eigenvalue weighted by Crippen LogP contribution is -2.44. The summed E-state index contributed by atoms with van der Waals surface area (Å²) in [5.74, 6) is -0.593. The second kappa shape index (κ2) is 5.75. The van der Waals surface area contributed by atoms with Gasteiger partial charge in [-0.15, -0.1) is 0 Å². The maximum Gasteiger partial charge on any atom is 0.342 e. The van der Waals surface area contributed by atoms with Crippen molar-refractivity contribution in [1.29, 1.82) is 0 Å². The van der Waals surface area contributed by atoms with Gasteiger partial charge in [-0.05, 0) is 26.8 Å². The molecule has 0 atom stereocenters. The molecule has 1 fully saturated rings. The minimum Gasteiger partial charge on any atom is -0.456 e. The van der Waals surface area contributed by atoms with Crippen LogP contribution < -0.4 is 10.2 Å². The summed E-state index contributed by atoms with van der Waals surface area (Å²) in [4.78, 5) is 18.2. The fourth-order valence-corrected chi connectivity index (χ4v) is 2.04. The zero-order valence-corrected chi connectivity index (χ0v) is 12.1. The highest BCUT2D eigenvalue weighted by Crippen LogP contribution is 2.22. The Kier molecular flexibility index (Phi) is 4.23. The lowest BCUT2D eigenvalue weighted by atomic mass is 10.1. The van der Waals surface area contributed by atoms with Gasteiger partial charge in [0.1, 0.15) is 22.8 Å². The Balaban J connectivity index is 2.30. The molecular formula is C14H20FN3O2. The van der Waals surface area contributed by atoms with Crippen LogP contribution in [-0.4, -0.2) is 42.7 Å². The van der Waals surface area contributed by atoms with Crippen LogP contribution in [0.4, 0.5) is 10.2 Å². The molecule has 0 spiro atoms. The monoisotopic (exact) mass is 281 g/mol. The molecule has 1 saturated heterocycles. The Bertz CT molecular complexity index is 494. The van der Waals surface area contributed by atoms with E-state index >= 15 is 0 Å². The number of piperazine rings is 1. The van der Waals surface area contributed by atoms with Crippen LogP contribution in [0.2, 0.25) is 0 Å². The van der Waals surface area contributed by atoms with Gasteiger partial charge in [0.2, 0.25) is 0 Å². The first-order valence-electron chi connectivity index (χ1n) is 6.71. The number of nitrogens with one attached hydrogen (secondary N) is 1. The average Bonchev–Trinajstić information content (AvgIpc) is 2.37. The molecule has 0 radical (unpaired) electrons. The molecule has 0 aliphatic carbocycles. The van der Waals surface area contributed by atoms with Crippen molar-refractivity contribution in [3.05, 3.63) is 23.6 Å². The number of esters is 1. The summed E-state index contributed by atoms with van der Waals surface area (Å²) in [6, 6.07) is 1.19. The first-order chi connectivity index (χ1) is 9.37. The van der Waals surface area contributed by atoms with Crippen LogP contribution >= 0.6 is 0 Å². The van der Waals surface area contributed by atoms with Gasteiger partial charge in [0.25, 0.3) is 0 Å². The van der Waals surface area contributed by atoms with Gasteiger partial charge in [-0.25, -0.2) is 14.2 Å². The van der Waals surface area contributed by atoms with E-state index in [1.807, 2.05) is 4.90 Å². The lowest BCUT2D eigenvalue weighted by Gasteiger charge is -2.30. The van der Waals surface area contributed by atoms with E-state index in [1.165, 1.54) is 6.07 Å². The third-order valence-electron chi connectivity index (χ3n) is 2.87. The van der Waals surface area contributed by atoms with Gasteiger partial charge in [0, 0.05) is 26.2 Å². The molecule has 0 unspecified atom stereocenters. The normalized spacial score (nSPS) is 16.1. The summed E-state index contributed by atoms with van der Waals surface area (Å²) in [6.45, 7) is 8.43. The molecule has 0 saturated carbocycles. The van der Waals surface area contributed by atoms with Gasteiger partial charge in [0.15, 0.2) is 0 Å². The number of anilines is 1. The van der Waals surface area contributed by atoms with Crippen molar-refractivity contribution in [3.63, 3.8) is 0 Å². The van der Waals surface area contributed by atoms with Gasteiger partial charge in [-0.3, -0.25) is 0 Å². The van der Waals surface area contributed by atoms with Crippen LogP contribution in [0.25, 0.3) is 0 Å². The second-order valence-corrected chi connectivity index (χ2v) is 5.76. The van der Waals surface area contributed by atoms with E-state index in [2.05, 4.69) is 10.3 Å². The van der Waals surface area contributed by atoms with Gasteiger partial charge >= 0.3 is 5.97 Å². The molecule has 0 aromatic carbocycles. The summed E-state index contributed by atoms with van der Waals surface area (Å²) in [6.07, 6.45) is 1.13. The minimum absolute atomic E-state index is 0.182. The van der Waals surface area contributed by atoms with Crippen LogP contribution in [0.5, 0.6) is 0 Å². The van der Waals surface area contributed by atoms with E-state index in [-0.39, 0.29) is 5.56 Å². The van der Waals surface area contributed by atoms with Gasteiger partial charge in [-0.1, -0.05) is 0 Å². The zero-order valence-electron chi connectivity index (χ0n) is 12.1. The molecule has 1 aromatic rings. The van der Waals surface area contributed by atoms with Crippen molar-refractivity contribution in [2.45, 2.75) is 26.4 Å². The Morgan fingerprint density at radius 3 is 2.65 bits per heavy atom. The van der Waals surface area contributed by atoms with Crippen molar-refractivity contribution < 1.29 is 13.9 Å². The van der Waals surface area contributed by atoms with E-state index < -0.39 is 17.4 Å². The summed E-state index contributed by atoms with van der Waals surface area (Å²) in [7, 11) is 0. The number of rotatable bonds is 2. The van der Waals surface area contributed by atoms with Gasteiger partial charge in [-0.2, -0.15) is 0 Å². The topological polar surface area (TPSA) is 54.5 Å². The first kappa shape index (κ1) is 14.7. The molecule has 2 rings (SSSR count). The molecule has 1 aliphatic rings. The number of ether oxygens (including phenoxy) is 1. The third kappa shape index (κ3) is 3.66. The molecule has 2 heterocycles. The molecule has 6 heteroatoms. The highest BCUT2D eigenvalue weighted by molar-refractivity contribution is 5.95. The molecular weight excluding hydrogens is 261 g/mol. The molecule has 1 aromatic heterocycles. The summed E-state index contributed by atoms with van der Waals surface area (Å²) in [5.41, 5.74) is -0.439. The molecule has 1 aliphatic heterocycles. The molecule has 0 bridgehead atoms. The summed E-state index contributed by atoms with van der Waals surface area (Å²) < 4.78 is 18.7.